The van der Waals surface area contributed by atoms with Crippen LogP contribution in [-0.4, -0.2) is 33.0 Å². The van der Waals surface area contributed by atoms with Crippen molar-refractivity contribution in [3.05, 3.63) is 83.6 Å². The number of aliphatic hydroxyl groups is 1. The summed E-state index contributed by atoms with van der Waals surface area (Å²) < 4.78 is 5.97. The lowest BCUT2D eigenvalue weighted by molar-refractivity contribution is -0.136. The van der Waals surface area contributed by atoms with Gasteiger partial charge in [0.1, 0.15) is 12.4 Å². The van der Waals surface area contributed by atoms with Crippen LogP contribution in [-0.2, 0) is 17.8 Å². The molecule has 1 unspecified atom stereocenters. The number of nitrogens with one attached hydrogen (secondary N) is 1. The van der Waals surface area contributed by atoms with Crippen LogP contribution in [0, 0.1) is 0 Å². The van der Waals surface area contributed by atoms with Crippen molar-refractivity contribution in [1.82, 2.24) is 10.2 Å². The van der Waals surface area contributed by atoms with Gasteiger partial charge in [0.05, 0.1) is 30.8 Å². The maximum atomic E-state index is 11.1. The third-order valence-electron chi connectivity index (χ3n) is 5.15. The minimum Gasteiger partial charge on any atom is -0.489 e. The van der Waals surface area contributed by atoms with Gasteiger partial charge in [0.25, 0.3) is 0 Å². The summed E-state index contributed by atoms with van der Waals surface area (Å²) in [5.74, 6) is -0.356. The lowest BCUT2D eigenvalue weighted by Crippen LogP contribution is -2.14. The van der Waals surface area contributed by atoms with E-state index in [-0.39, 0.29) is 19.6 Å². The van der Waals surface area contributed by atoms with Crippen molar-refractivity contribution in [3.8, 4) is 16.9 Å². The van der Waals surface area contributed by atoms with E-state index in [2.05, 4.69) is 10.2 Å². The number of fused-ring (bicyclic) bond motifs is 1. The molecule has 0 saturated carbocycles. The molecule has 0 fully saturated rings. The van der Waals surface area contributed by atoms with Crippen LogP contribution < -0.4 is 10.5 Å². The highest BCUT2D eigenvalue weighted by atomic mass is 16.5. The number of rotatable bonds is 8. The predicted molar refractivity (Wildman–Crippen MR) is 118 cm³/mol. The Hall–Kier alpha value is -3.68. The molecule has 3 aromatic carbocycles. The van der Waals surface area contributed by atoms with Crippen LogP contribution in [0.3, 0.4) is 0 Å². The zero-order chi connectivity index (χ0) is 21.8. The fourth-order valence-electron chi connectivity index (χ4n) is 3.59. The fraction of sp³-hybridized carbons (Fsp3) is 0.167. The van der Waals surface area contributed by atoms with Crippen LogP contribution in [0.15, 0.2) is 66.9 Å². The van der Waals surface area contributed by atoms with Crippen molar-refractivity contribution in [1.29, 1.82) is 0 Å². The van der Waals surface area contributed by atoms with Gasteiger partial charge in [-0.05, 0) is 46.5 Å². The predicted octanol–water partition coefficient (Wildman–Crippen LogP) is 3.43. The molecule has 1 heterocycles. The Morgan fingerprint density at radius 2 is 1.97 bits per heavy atom. The highest BCUT2D eigenvalue weighted by molar-refractivity contribution is 5.95. The number of hydrogen-bond donors (Lipinski definition) is 4. The molecule has 0 bridgehead atoms. The molecule has 158 valence electrons. The van der Waals surface area contributed by atoms with Gasteiger partial charge in [0.15, 0.2) is 0 Å². The Bertz CT molecular complexity index is 1220. The van der Waals surface area contributed by atoms with Crippen molar-refractivity contribution in [2.75, 3.05) is 6.61 Å². The quantitative estimate of drug-likeness (QED) is 0.348. The summed E-state index contributed by atoms with van der Waals surface area (Å²) in [6.07, 6.45) is 1.68. The number of carbonyl (C=O) groups is 1. The van der Waals surface area contributed by atoms with Crippen molar-refractivity contribution in [3.63, 3.8) is 0 Å². The second kappa shape index (κ2) is 8.99. The van der Waals surface area contributed by atoms with Crippen LogP contribution in [0.5, 0.6) is 5.75 Å². The van der Waals surface area contributed by atoms with Crippen LogP contribution in [0.2, 0.25) is 0 Å². The molecule has 7 heteroatoms. The van der Waals surface area contributed by atoms with E-state index in [0.29, 0.717) is 11.3 Å². The van der Waals surface area contributed by atoms with Gasteiger partial charge < -0.3 is 20.7 Å². The van der Waals surface area contributed by atoms with E-state index in [1.807, 2.05) is 42.5 Å². The van der Waals surface area contributed by atoms with Crippen molar-refractivity contribution < 1.29 is 19.7 Å². The van der Waals surface area contributed by atoms with Crippen LogP contribution in [0.4, 0.5) is 0 Å². The molecule has 0 amide bonds. The second-order valence-electron chi connectivity index (χ2n) is 7.36. The average Bonchev–Trinajstić information content (AvgIpc) is 3.26. The first-order chi connectivity index (χ1) is 15.0. The number of aliphatic hydroxyl groups excluding tert-OH is 1. The molecule has 0 saturated heterocycles. The van der Waals surface area contributed by atoms with Gasteiger partial charge in [-0.1, -0.05) is 36.4 Å². The molecule has 4 aromatic rings. The number of aromatic nitrogens is 2. The number of aromatic amines is 1. The minimum absolute atomic E-state index is 0.0983. The summed E-state index contributed by atoms with van der Waals surface area (Å²) in [6.45, 7) is 0.142. The van der Waals surface area contributed by atoms with Gasteiger partial charge in [-0.2, -0.15) is 5.10 Å². The first-order valence-electron chi connectivity index (χ1n) is 9.90. The molecule has 1 atom stereocenters. The SMILES string of the molecule is NC(CO)c1cccc(-c2cc(COc3ccccc3CC(=O)O)cc3[nH]ncc23)c1. The number of nitrogens with two attached hydrogens (primary N) is 1. The van der Waals surface area contributed by atoms with Gasteiger partial charge in [0.2, 0.25) is 0 Å². The van der Waals surface area contributed by atoms with E-state index < -0.39 is 12.0 Å². The highest BCUT2D eigenvalue weighted by Crippen LogP contribution is 2.31. The molecule has 0 spiro atoms. The van der Waals surface area contributed by atoms with Crippen molar-refractivity contribution in [2.45, 2.75) is 19.1 Å². The molecule has 31 heavy (non-hydrogen) atoms. The number of carboxylic acids is 1. The van der Waals surface area contributed by atoms with E-state index in [9.17, 15) is 9.90 Å². The zero-order valence-corrected chi connectivity index (χ0v) is 16.8. The topological polar surface area (TPSA) is 121 Å². The molecule has 5 N–H and O–H groups in total. The van der Waals surface area contributed by atoms with E-state index in [1.165, 1.54) is 0 Å². The van der Waals surface area contributed by atoms with Crippen molar-refractivity contribution >= 4 is 16.9 Å². The van der Waals surface area contributed by atoms with E-state index in [1.54, 1.807) is 24.4 Å². The number of benzene rings is 3. The summed E-state index contributed by atoms with van der Waals surface area (Å²) in [4.78, 5) is 11.1. The normalized spacial score (nSPS) is 12.1. The Morgan fingerprint density at radius 3 is 2.77 bits per heavy atom. The summed E-state index contributed by atoms with van der Waals surface area (Å²) in [5.41, 5.74) is 11.2. The molecule has 1 aromatic heterocycles. The molecular weight excluding hydrogens is 394 g/mol. The minimum atomic E-state index is -0.904. The first kappa shape index (κ1) is 20.6. The maximum absolute atomic E-state index is 11.1. The lowest BCUT2D eigenvalue weighted by atomic mass is 9.96. The second-order valence-corrected chi connectivity index (χ2v) is 7.36. The Morgan fingerprint density at radius 1 is 1.13 bits per heavy atom. The molecular formula is C24H23N3O4. The van der Waals surface area contributed by atoms with Gasteiger partial charge in [-0.3, -0.25) is 9.89 Å². The monoisotopic (exact) mass is 417 g/mol. The summed E-state index contributed by atoms with van der Waals surface area (Å²) in [6, 6.07) is 18.5. The van der Waals surface area contributed by atoms with Crippen molar-refractivity contribution in [2.24, 2.45) is 5.73 Å². The number of nitrogens with zero attached hydrogens (tertiary/aromatic N) is 1. The maximum Gasteiger partial charge on any atom is 0.307 e. The Kier molecular flexibility index (Phi) is 5.97. The number of para-hydroxylation sites is 1. The fourth-order valence-corrected chi connectivity index (χ4v) is 3.59. The number of aliphatic carboxylic acids is 1. The number of carboxylic acid groups (broad SMARTS) is 1. The summed E-state index contributed by atoms with van der Waals surface area (Å²) in [7, 11) is 0. The molecule has 0 radical (unpaired) electrons. The average molecular weight is 417 g/mol. The summed E-state index contributed by atoms with van der Waals surface area (Å²) in [5, 5.41) is 26.7. The third kappa shape index (κ3) is 4.58. The lowest BCUT2D eigenvalue weighted by Gasteiger charge is -2.14. The number of H-pyrrole nitrogens is 1. The Balaban J connectivity index is 1.67. The molecule has 7 nitrogen and oxygen atoms in total. The Labute approximate surface area is 179 Å². The number of ether oxygens (including phenoxy) is 1. The summed E-state index contributed by atoms with van der Waals surface area (Å²) >= 11 is 0. The molecule has 4 rings (SSSR count). The smallest absolute Gasteiger partial charge is 0.307 e. The standard InChI is InChI=1S/C24H23N3O4/c25-21(13-28)17-6-3-5-16(10-17)19-8-15(9-22-20(19)12-26-27-22)14-31-23-7-2-1-4-18(23)11-24(29)30/h1-10,12,21,28H,11,13-14,25H2,(H,26,27)(H,29,30). The number of hydrogen-bond acceptors (Lipinski definition) is 5. The van der Waals surface area contributed by atoms with Gasteiger partial charge in [-0.25, -0.2) is 0 Å². The first-order valence-corrected chi connectivity index (χ1v) is 9.90. The van der Waals surface area contributed by atoms with Gasteiger partial charge in [0, 0.05) is 10.9 Å². The van der Waals surface area contributed by atoms with E-state index in [0.717, 1.165) is 33.2 Å². The van der Waals surface area contributed by atoms with Gasteiger partial charge >= 0.3 is 5.97 Å². The molecule has 0 aliphatic carbocycles. The van der Waals surface area contributed by atoms with E-state index in [4.69, 9.17) is 15.6 Å². The van der Waals surface area contributed by atoms with Gasteiger partial charge in [-0.15, -0.1) is 0 Å². The largest absolute Gasteiger partial charge is 0.489 e. The van der Waals surface area contributed by atoms with Crippen LogP contribution >= 0.6 is 0 Å². The highest BCUT2D eigenvalue weighted by Gasteiger charge is 2.13. The van der Waals surface area contributed by atoms with Crippen LogP contribution in [0.25, 0.3) is 22.0 Å². The molecule has 0 aliphatic heterocycles. The molecule has 0 aliphatic rings. The van der Waals surface area contributed by atoms with Crippen LogP contribution in [0.1, 0.15) is 22.7 Å². The third-order valence-corrected chi connectivity index (χ3v) is 5.15. The van der Waals surface area contributed by atoms with E-state index >= 15 is 0 Å². The zero-order valence-electron chi connectivity index (χ0n) is 16.8.